The second-order valence-corrected chi connectivity index (χ2v) is 7.46. The van der Waals surface area contributed by atoms with Gasteiger partial charge in [-0.15, -0.1) is 0 Å². The average molecular weight is 433 g/mol. The summed E-state index contributed by atoms with van der Waals surface area (Å²) in [6.45, 7) is 0. The molecule has 11 heteroatoms. The Kier molecular flexibility index (Phi) is 6.95. The third-order valence-electron chi connectivity index (χ3n) is 4.44. The number of hydrogen-bond donors (Lipinski definition) is 3. The summed E-state index contributed by atoms with van der Waals surface area (Å²) in [6.07, 6.45) is 5.06. The van der Waals surface area contributed by atoms with Gasteiger partial charge in [-0.1, -0.05) is 11.9 Å². The van der Waals surface area contributed by atoms with Crippen molar-refractivity contribution in [3.05, 3.63) is 30.0 Å². The zero-order valence-electron chi connectivity index (χ0n) is 17.2. The smallest absolute Gasteiger partial charge is 0.278 e. The van der Waals surface area contributed by atoms with Gasteiger partial charge in [0.1, 0.15) is 5.82 Å². The van der Waals surface area contributed by atoms with Gasteiger partial charge < -0.3 is 19.7 Å². The molecule has 2 amide bonds. The molecule has 0 spiro atoms. The van der Waals surface area contributed by atoms with Crippen molar-refractivity contribution in [1.29, 1.82) is 0 Å². The molecule has 0 saturated heterocycles. The van der Waals surface area contributed by atoms with Gasteiger partial charge >= 0.3 is 0 Å². The van der Waals surface area contributed by atoms with E-state index in [0.717, 1.165) is 12.8 Å². The Morgan fingerprint density at radius 2 is 2.00 bits per heavy atom. The molecule has 0 aromatic carbocycles. The number of ether oxygens (including phenoxy) is 1. The maximum absolute atomic E-state index is 12.4. The summed E-state index contributed by atoms with van der Waals surface area (Å²) < 4.78 is 7.08. The maximum Gasteiger partial charge on any atom is 0.278 e. The predicted molar refractivity (Wildman–Crippen MR) is 116 cm³/mol. The lowest BCUT2D eigenvalue weighted by Gasteiger charge is -2.20. The number of hydrogen-bond acceptors (Lipinski definition) is 9. The van der Waals surface area contributed by atoms with Gasteiger partial charge in [0.05, 0.1) is 31.2 Å². The second-order valence-electron chi connectivity index (χ2n) is 6.54. The van der Waals surface area contributed by atoms with Gasteiger partial charge in [0, 0.05) is 37.6 Å². The fraction of sp³-hybridized carbons (Fsp3) is 0.368. The Morgan fingerprint density at radius 1 is 1.23 bits per heavy atom. The normalized spacial score (nSPS) is 12.8. The third-order valence-corrected chi connectivity index (χ3v) is 5.16. The molecule has 1 fully saturated rings. The van der Waals surface area contributed by atoms with Gasteiger partial charge in [-0.3, -0.25) is 14.4 Å². The van der Waals surface area contributed by atoms with Gasteiger partial charge in [0.2, 0.25) is 11.8 Å². The molecular weight excluding hydrogens is 408 g/mol. The molecule has 2 heterocycles. The molecule has 10 nitrogen and oxygen atoms in total. The summed E-state index contributed by atoms with van der Waals surface area (Å²) in [7, 11) is 4.76. The lowest BCUT2D eigenvalue weighted by molar-refractivity contribution is -0.117. The Morgan fingerprint density at radius 3 is 2.63 bits per heavy atom. The van der Waals surface area contributed by atoms with Crippen molar-refractivity contribution in [3.8, 4) is 5.88 Å². The van der Waals surface area contributed by atoms with Crippen LogP contribution in [0.1, 0.15) is 23.2 Å². The van der Waals surface area contributed by atoms with E-state index in [1.54, 1.807) is 25.3 Å². The van der Waals surface area contributed by atoms with Crippen LogP contribution in [0.4, 0.5) is 23.0 Å². The number of amides is 2. The first kappa shape index (κ1) is 21.7. The first-order valence-electron chi connectivity index (χ1n) is 9.21. The van der Waals surface area contributed by atoms with Crippen LogP contribution in [0.25, 0.3) is 0 Å². The van der Waals surface area contributed by atoms with E-state index in [9.17, 15) is 9.59 Å². The topological polar surface area (TPSA) is 118 Å². The standard InChI is InChI=1S/C19H24N6O4S/c1-25(30-4)17-13(7-8-16(23-17)28-2)21-14-9-15(22-18(26)11-5-6-11)20-10-12(14)19(27)24-29-3/h7-11H,5-6H2,1-4H3,(H,24,27)(H2,20,21,22,26). The van der Waals surface area contributed by atoms with Crippen LogP contribution in [0, 0.1) is 5.92 Å². The van der Waals surface area contributed by atoms with E-state index in [1.807, 2.05) is 17.6 Å². The number of methoxy groups -OCH3 is 1. The predicted octanol–water partition coefficient (Wildman–Crippen LogP) is 2.58. The Labute approximate surface area is 178 Å². The highest BCUT2D eigenvalue weighted by Crippen LogP contribution is 2.34. The molecule has 2 aromatic rings. The quantitative estimate of drug-likeness (QED) is 0.406. The number of nitrogens with zero attached hydrogens (tertiary/aromatic N) is 3. The van der Waals surface area contributed by atoms with Crippen molar-refractivity contribution in [1.82, 2.24) is 15.4 Å². The minimum atomic E-state index is -0.478. The lowest BCUT2D eigenvalue weighted by atomic mass is 10.2. The molecular formula is C19H24N6O4S. The SMILES string of the molecule is CONC(=O)c1cnc(NC(=O)C2CC2)cc1Nc1ccc(OC)nc1N(C)SC. The summed E-state index contributed by atoms with van der Waals surface area (Å²) >= 11 is 1.47. The molecule has 0 aliphatic heterocycles. The van der Waals surface area contributed by atoms with Crippen LogP contribution >= 0.6 is 11.9 Å². The summed E-state index contributed by atoms with van der Waals surface area (Å²) in [6, 6.07) is 5.12. The Bertz CT molecular complexity index is 937. The van der Waals surface area contributed by atoms with E-state index in [4.69, 9.17) is 9.57 Å². The van der Waals surface area contributed by atoms with Gasteiger partial charge in [-0.05, 0) is 18.9 Å². The molecule has 30 heavy (non-hydrogen) atoms. The lowest BCUT2D eigenvalue weighted by Crippen LogP contribution is -2.23. The maximum atomic E-state index is 12.4. The minimum absolute atomic E-state index is 0.0345. The van der Waals surface area contributed by atoms with Crippen LogP contribution in [0.5, 0.6) is 5.88 Å². The fourth-order valence-electron chi connectivity index (χ4n) is 2.64. The second kappa shape index (κ2) is 9.63. The Hall–Kier alpha value is -3.05. The van der Waals surface area contributed by atoms with E-state index >= 15 is 0 Å². The molecule has 1 aliphatic rings. The van der Waals surface area contributed by atoms with Crippen molar-refractivity contribution < 1.29 is 19.2 Å². The summed E-state index contributed by atoms with van der Waals surface area (Å²) in [5.74, 6) is 0.906. The van der Waals surface area contributed by atoms with E-state index in [2.05, 4.69) is 26.1 Å². The van der Waals surface area contributed by atoms with Crippen LogP contribution in [0.2, 0.25) is 0 Å². The van der Waals surface area contributed by atoms with E-state index in [0.29, 0.717) is 28.9 Å². The molecule has 0 unspecified atom stereocenters. The molecule has 3 N–H and O–H groups in total. The number of anilines is 4. The van der Waals surface area contributed by atoms with E-state index in [-0.39, 0.29) is 17.4 Å². The van der Waals surface area contributed by atoms with Crippen molar-refractivity contribution in [2.45, 2.75) is 12.8 Å². The van der Waals surface area contributed by atoms with E-state index in [1.165, 1.54) is 25.3 Å². The molecule has 0 bridgehead atoms. The summed E-state index contributed by atoms with van der Waals surface area (Å²) in [5.41, 5.74) is 3.61. The number of pyridine rings is 2. The van der Waals surface area contributed by atoms with Gasteiger partial charge in [0.25, 0.3) is 5.91 Å². The monoisotopic (exact) mass is 432 g/mol. The molecule has 2 aromatic heterocycles. The molecule has 0 radical (unpaired) electrons. The molecule has 160 valence electrons. The van der Waals surface area contributed by atoms with Crippen LogP contribution in [-0.4, -0.2) is 49.3 Å². The van der Waals surface area contributed by atoms with Crippen molar-refractivity contribution in [3.63, 3.8) is 0 Å². The van der Waals surface area contributed by atoms with E-state index < -0.39 is 5.91 Å². The summed E-state index contributed by atoms with van der Waals surface area (Å²) in [4.78, 5) is 38.0. The molecule has 1 saturated carbocycles. The van der Waals surface area contributed by atoms with Crippen molar-refractivity contribution >= 4 is 46.8 Å². The zero-order chi connectivity index (χ0) is 21.7. The number of nitrogens with one attached hydrogen (secondary N) is 3. The van der Waals surface area contributed by atoms with Crippen molar-refractivity contribution in [2.75, 3.05) is 42.5 Å². The van der Waals surface area contributed by atoms with Crippen LogP contribution in [0.15, 0.2) is 24.4 Å². The summed E-state index contributed by atoms with van der Waals surface area (Å²) in [5, 5.41) is 6.02. The van der Waals surface area contributed by atoms with Gasteiger partial charge in [-0.25, -0.2) is 10.5 Å². The van der Waals surface area contributed by atoms with Crippen molar-refractivity contribution in [2.24, 2.45) is 5.92 Å². The third kappa shape index (κ3) is 5.10. The largest absolute Gasteiger partial charge is 0.481 e. The van der Waals surface area contributed by atoms with Crippen LogP contribution in [0.3, 0.4) is 0 Å². The highest BCUT2D eigenvalue weighted by molar-refractivity contribution is 7.99. The zero-order valence-corrected chi connectivity index (χ0v) is 18.0. The number of carbonyl (C=O) groups is 2. The number of rotatable bonds is 9. The number of aromatic nitrogens is 2. The fourth-order valence-corrected chi connectivity index (χ4v) is 2.96. The molecule has 1 aliphatic carbocycles. The number of carbonyl (C=O) groups excluding carboxylic acids is 2. The highest BCUT2D eigenvalue weighted by atomic mass is 32.2. The minimum Gasteiger partial charge on any atom is -0.481 e. The van der Waals surface area contributed by atoms with Gasteiger partial charge in [-0.2, -0.15) is 4.98 Å². The first-order valence-corrected chi connectivity index (χ1v) is 10.4. The van der Waals surface area contributed by atoms with Gasteiger partial charge in [0.15, 0.2) is 5.82 Å². The number of hydroxylamine groups is 1. The molecule has 0 atom stereocenters. The van der Waals surface area contributed by atoms with Crippen LogP contribution < -0.4 is 25.2 Å². The first-order chi connectivity index (χ1) is 14.5. The molecule has 3 rings (SSSR count). The highest BCUT2D eigenvalue weighted by Gasteiger charge is 2.30. The van der Waals surface area contributed by atoms with Crippen LogP contribution in [-0.2, 0) is 9.63 Å². The average Bonchev–Trinajstić information content (AvgIpc) is 3.59. The Balaban J connectivity index is 1.97.